The van der Waals surface area contributed by atoms with Gasteiger partial charge in [-0.3, -0.25) is 9.59 Å². The summed E-state index contributed by atoms with van der Waals surface area (Å²) in [5.74, 6) is 0.461. The smallest absolute Gasteiger partial charge is 0.283 e. The molecule has 0 radical (unpaired) electrons. The van der Waals surface area contributed by atoms with E-state index in [9.17, 15) is 9.59 Å². The quantitative estimate of drug-likeness (QED) is 0.760. The maximum atomic E-state index is 12.7. The highest BCUT2D eigenvalue weighted by Crippen LogP contribution is 2.26. The van der Waals surface area contributed by atoms with Gasteiger partial charge in [0, 0.05) is 4.88 Å². The van der Waals surface area contributed by atoms with E-state index in [0.29, 0.717) is 16.9 Å². The topological polar surface area (TPSA) is 64.3 Å². The van der Waals surface area contributed by atoms with Crippen molar-refractivity contribution >= 4 is 33.0 Å². The van der Waals surface area contributed by atoms with E-state index >= 15 is 0 Å². The number of carbonyl (C=O) groups is 1. The molecule has 2 aromatic rings. The van der Waals surface area contributed by atoms with Gasteiger partial charge in [-0.15, -0.1) is 11.3 Å². The van der Waals surface area contributed by atoms with Crippen molar-refractivity contribution in [1.29, 1.82) is 0 Å². The largest absolute Gasteiger partial charge is 0.290 e. The summed E-state index contributed by atoms with van der Waals surface area (Å²) in [6.45, 7) is 7.46. The second kappa shape index (κ2) is 5.14. The molecule has 0 spiro atoms. The van der Waals surface area contributed by atoms with E-state index in [0.717, 1.165) is 20.8 Å². The highest BCUT2D eigenvalue weighted by atomic mass is 32.1. The van der Waals surface area contributed by atoms with Crippen molar-refractivity contribution in [3.63, 3.8) is 0 Å². The van der Waals surface area contributed by atoms with Gasteiger partial charge in [-0.05, 0) is 57.1 Å². The van der Waals surface area contributed by atoms with Gasteiger partial charge in [0.2, 0.25) is 0 Å². The van der Waals surface area contributed by atoms with Crippen LogP contribution in [0.25, 0.3) is 10.2 Å². The average Bonchev–Trinajstić information content (AvgIpc) is 2.72. The summed E-state index contributed by atoms with van der Waals surface area (Å²) in [5, 5.41) is 5.01. The molecule has 22 heavy (non-hydrogen) atoms. The Labute approximate surface area is 131 Å². The molecule has 112 valence electrons. The third-order valence-electron chi connectivity index (χ3n) is 3.72. The van der Waals surface area contributed by atoms with E-state index in [1.165, 1.54) is 28.2 Å². The van der Waals surface area contributed by atoms with Crippen LogP contribution in [0.3, 0.4) is 0 Å². The van der Waals surface area contributed by atoms with E-state index in [2.05, 4.69) is 10.1 Å². The van der Waals surface area contributed by atoms with Crippen molar-refractivity contribution in [3.05, 3.63) is 50.4 Å². The monoisotopic (exact) mass is 313 g/mol. The highest BCUT2D eigenvalue weighted by molar-refractivity contribution is 7.18. The lowest BCUT2D eigenvalue weighted by Crippen LogP contribution is -2.22. The third kappa shape index (κ3) is 2.25. The second-order valence-corrected chi connectivity index (χ2v) is 6.49. The van der Waals surface area contributed by atoms with Crippen LogP contribution in [0.2, 0.25) is 0 Å². The first-order chi connectivity index (χ1) is 10.4. The lowest BCUT2D eigenvalue weighted by molar-refractivity contribution is -0.110. The van der Waals surface area contributed by atoms with Crippen LogP contribution in [0.5, 0.6) is 0 Å². The van der Waals surface area contributed by atoms with Crippen LogP contribution in [0.1, 0.15) is 23.2 Å². The van der Waals surface area contributed by atoms with Crippen molar-refractivity contribution in [2.24, 2.45) is 5.10 Å². The maximum absolute atomic E-state index is 12.7. The molecule has 0 unspecified atom stereocenters. The maximum Gasteiger partial charge on any atom is 0.283 e. The van der Waals surface area contributed by atoms with Crippen LogP contribution in [-0.2, 0) is 4.79 Å². The molecule has 0 atom stereocenters. The van der Waals surface area contributed by atoms with E-state index in [1.54, 1.807) is 19.9 Å². The average molecular weight is 313 g/mol. The number of allylic oxidation sites excluding steroid dienone is 4. The molecular formula is C16H15N3O2S. The van der Waals surface area contributed by atoms with Crippen molar-refractivity contribution in [2.75, 3.05) is 0 Å². The van der Waals surface area contributed by atoms with Gasteiger partial charge in [-0.1, -0.05) is 0 Å². The first-order valence-corrected chi connectivity index (χ1v) is 7.69. The van der Waals surface area contributed by atoms with Gasteiger partial charge < -0.3 is 0 Å². The number of hydrogen-bond acceptors (Lipinski definition) is 5. The van der Waals surface area contributed by atoms with Gasteiger partial charge in [0.05, 0.1) is 11.1 Å². The summed E-state index contributed by atoms with van der Waals surface area (Å²) < 4.78 is 1.31. The Morgan fingerprint density at radius 2 is 1.86 bits per heavy atom. The molecule has 0 N–H and O–H groups in total. The predicted molar refractivity (Wildman–Crippen MR) is 88.8 cm³/mol. The molecule has 1 aliphatic carbocycles. The fourth-order valence-electron chi connectivity index (χ4n) is 2.35. The van der Waals surface area contributed by atoms with Crippen LogP contribution >= 0.6 is 11.3 Å². The number of fused-ring (bicyclic) bond motifs is 1. The van der Waals surface area contributed by atoms with Crippen LogP contribution < -0.4 is 5.56 Å². The zero-order valence-electron chi connectivity index (χ0n) is 12.8. The van der Waals surface area contributed by atoms with E-state index in [-0.39, 0.29) is 11.3 Å². The Morgan fingerprint density at radius 1 is 1.14 bits per heavy atom. The van der Waals surface area contributed by atoms with Gasteiger partial charge in [-0.2, -0.15) is 9.78 Å². The van der Waals surface area contributed by atoms with Crippen molar-refractivity contribution in [2.45, 2.75) is 27.7 Å². The summed E-state index contributed by atoms with van der Waals surface area (Å²) in [7, 11) is 0. The molecule has 0 saturated carbocycles. The number of hydrogen-bond donors (Lipinski definition) is 0. The van der Waals surface area contributed by atoms with Gasteiger partial charge in [0.15, 0.2) is 5.78 Å². The number of thiophene rings is 1. The summed E-state index contributed by atoms with van der Waals surface area (Å²) in [6, 6.07) is 0. The molecule has 1 aliphatic rings. The van der Waals surface area contributed by atoms with E-state index in [4.69, 9.17) is 0 Å². The Kier molecular flexibility index (Phi) is 3.41. The summed E-state index contributed by atoms with van der Waals surface area (Å²) in [4.78, 5) is 30.4. The SMILES string of the molecule is CC1=CC(=O)C=C/C1=N\n1c(C)nc2sc(C)c(C)c2c1=O. The van der Waals surface area contributed by atoms with Crippen LogP contribution in [-0.4, -0.2) is 21.2 Å². The minimum Gasteiger partial charge on any atom is -0.290 e. The normalized spacial score (nSPS) is 16.6. The third-order valence-corrected chi connectivity index (χ3v) is 4.82. The van der Waals surface area contributed by atoms with E-state index < -0.39 is 0 Å². The zero-order valence-corrected chi connectivity index (χ0v) is 13.6. The highest BCUT2D eigenvalue weighted by Gasteiger charge is 2.15. The molecule has 0 saturated heterocycles. The lowest BCUT2D eigenvalue weighted by atomic mass is 10.1. The molecule has 6 heteroatoms. The Morgan fingerprint density at radius 3 is 2.55 bits per heavy atom. The van der Waals surface area contributed by atoms with Crippen molar-refractivity contribution in [1.82, 2.24) is 9.66 Å². The number of aromatic nitrogens is 2. The van der Waals surface area contributed by atoms with Gasteiger partial charge in [0.25, 0.3) is 5.56 Å². The fourth-order valence-corrected chi connectivity index (χ4v) is 3.42. The molecule has 5 nitrogen and oxygen atoms in total. The Bertz CT molecular complexity index is 958. The Balaban J connectivity index is 2.26. The molecular weight excluding hydrogens is 298 g/mol. The molecule has 0 fully saturated rings. The zero-order chi connectivity index (χ0) is 16.0. The van der Waals surface area contributed by atoms with Crippen LogP contribution in [0, 0.1) is 20.8 Å². The number of aryl methyl sites for hydroxylation is 3. The molecule has 0 bridgehead atoms. The summed E-state index contributed by atoms with van der Waals surface area (Å²) in [5.41, 5.74) is 2.11. The number of rotatable bonds is 1. The lowest BCUT2D eigenvalue weighted by Gasteiger charge is -2.08. The fraction of sp³-hybridized carbons (Fsp3) is 0.250. The van der Waals surface area contributed by atoms with E-state index in [1.807, 2.05) is 13.8 Å². The second-order valence-electron chi connectivity index (χ2n) is 5.29. The number of carbonyl (C=O) groups excluding carboxylic acids is 1. The predicted octanol–water partition coefficient (Wildman–Crippen LogP) is 2.67. The Hall–Kier alpha value is -2.34. The summed E-state index contributed by atoms with van der Waals surface area (Å²) >= 11 is 1.52. The number of nitrogens with zero attached hydrogens (tertiary/aromatic N) is 3. The summed E-state index contributed by atoms with van der Waals surface area (Å²) in [6.07, 6.45) is 4.57. The first-order valence-electron chi connectivity index (χ1n) is 6.87. The molecule has 0 aromatic carbocycles. The minimum atomic E-state index is -0.171. The van der Waals surface area contributed by atoms with Gasteiger partial charge in [-0.25, -0.2) is 4.98 Å². The minimum absolute atomic E-state index is 0.0709. The molecule has 0 aliphatic heterocycles. The molecule has 3 rings (SSSR count). The standard InChI is InChI=1S/C16H15N3O2S/c1-8-7-12(20)5-6-13(8)18-19-11(4)17-15-14(16(19)21)9(2)10(3)22-15/h5-7H,1-4H3/b18-13+. The molecule has 2 aromatic heterocycles. The van der Waals surface area contributed by atoms with Crippen LogP contribution in [0.15, 0.2) is 33.7 Å². The van der Waals surface area contributed by atoms with Gasteiger partial charge in [0.1, 0.15) is 10.7 Å². The van der Waals surface area contributed by atoms with Crippen molar-refractivity contribution in [3.8, 4) is 0 Å². The number of ketones is 1. The van der Waals surface area contributed by atoms with Crippen LogP contribution in [0.4, 0.5) is 0 Å². The first kappa shape index (κ1) is 14.6. The van der Waals surface area contributed by atoms with Gasteiger partial charge >= 0.3 is 0 Å². The van der Waals surface area contributed by atoms with Crippen molar-refractivity contribution < 1.29 is 4.79 Å². The molecule has 0 amide bonds. The molecule has 2 heterocycles.